The maximum absolute atomic E-state index is 12.7. The summed E-state index contributed by atoms with van der Waals surface area (Å²) >= 11 is 0. The van der Waals surface area contributed by atoms with Gasteiger partial charge in [-0.2, -0.15) is 0 Å². The second-order valence-corrected chi connectivity index (χ2v) is 18.1. The summed E-state index contributed by atoms with van der Waals surface area (Å²) in [6.07, 6.45) is 72.9. The molecule has 0 aliphatic rings. The average Bonchev–Trinajstić information content (AvgIpc) is 3.33. The monoisotopic (exact) mass is 931 g/mol. The molecule has 6 heteroatoms. The van der Waals surface area contributed by atoms with Crippen LogP contribution in [0, 0.1) is 0 Å². The molecule has 0 saturated heterocycles. The number of carbonyl (C=O) groups excluding carboxylic acids is 3. The minimum atomic E-state index is -0.789. The lowest BCUT2D eigenvalue weighted by molar-refractivity contribution is -0.167. The Morgan fingerprint density at radius 2 is 0.582 bits per heavy atom. The molecule has 1 unspecified atom stereocenters. The van der Waals surface area contributed by atoms with Crippen LogP contribution in [-0.4, -0.2) is 37.2 Å². The number of unbranched alkanes of at least 4 members (excludes halogenated alkanes) is 22. The zero-order valence-corrected chi connectivity index (χ0v) is 43.6. The van der Waals surface area contributed by atoms with Gasteiger partial charge in [0.05, 0.1) is 0 Å². The molecule has 0 aromatic rings. The van der Waals surface area contributed by atoms with E-state index in [1.807, 2.05) is 0 Å². The third-order valence-corrected chi connectivity index (χ3v) is 11.6. The maximum atomic E-state index is 12.7. The predicted molar refractivity (Wildman–Crippen MR) is 288 cm³/mol. The molecule has 0 aliphatic heterocycles. The molecule has 0 aromatic heterocycles. The van der Waals surface area contributed by atoms with E-state index in [0.717, 1.165) is 116 Å². The van der Waals surface area contributed by atoms with E-state index in [2.05, 4.69) is 118 Å². The SMILES string of the molecule is CC/C=C\C/C=C\C/C=C\C/C=C\C/C=C\CCCCCCCCCCCCCCCC(=O)OCC(COC(=O)CCCCCCCCC)OC(=O)CCCCC/C=C\C/C=C\C/C=C\CC. The quantitative estimate of drug-likeness (QED) is 0.0262. The van der Waals surface area contributed by atoms with E-state index in [-0.39, 0.29) is 31.1 Å². The standard InChI is InChI=1S/C61H102O6/c1-4-7-10-13-16-18-20-22-23-24-25-26-27-28-29-30-31-32-33-34-35-36-37-39-40-42-45-48-51-54-60(63)66-57-58(56-65-59(62)53-50-47-44-15-12-9-6-3)67-61(64)55-52-49-46-43-41-38-21-19-17-14-11-8-5-2/h7-8,10-11,16-19,22-23,25-26,28-29,38,41,58H,4-6,9,12-15,20-21,24,27,30-37,39-40,42-57H2,1-3H3/b10-7-,11-8-,18-16-,19-17-,23-22-,26-25-,29-28-,41-38-. The van der Waals surface area contributed by atoms with Gasteiger partial charge in [-0.15, -0.1) is 0 Å². The summed E-state index contributed by atoms with van der Waals surface area (Å²) in [5.74, 6) is -0.926. The van der Waals surface area contributed by atoms with E-state index in [1.54, 1.807) is 0 Å². The zero-order chi connectivity index (χ0) is 48.6. The van der Waals surface area contributed by atoms with Crippen LogP contribution < -0.4 is 0 Å². The molecule has 382 valence electrons. The fourth-order valence-electron chi connectivity index (χ4n) is 7.48. The first kappa shape index (κ1) is 63.3. The number of carbonyl (C=O) groups is 3. The Morgan fingerprint density at radius 3 is 0.925 bits per heavy atom. The van der Waals surface area contributed by atoms with Crippen molar-refractivity contribution in [2.24, 2.45) is 0 Å². The predicted octanol–water partition coefficient (Wildman–Crippen LogP) is 18.5. The lowest BCUT2D eigenvalue weighted by Crippen LogP contribution is -2.30. The Bertz CT molecular complexity index is 1350. The topological polar surface area (TPSA) is 78.9 Å². The molecular weight excluding hydrogens is 829 g/mol. The van der Waals surface area contributed by atoms with Crippen LogP contribution in [0.2, 0.25) is 0 Å². The van der Waals surface area contributed by atoms with Gasteiger partial charge in [0.1, 0.15) is 13.2 Å². The second-order valence-electron chi connectivity index (χ2n) is 18.1. The Hall–Kier alpha value is -3.67. The van der Waals surface area contributed by atoms with Crippen molar-refractivity contribution in [3.63, 3.8) is 0 Å². The van der Waals surface area contributed by atoms with E-state index < -0.39 is 6.10 Å². The molecule has 0 radical (unpaired) electrons. The van der Waals surface area contributed by atoms with Crippen LogP contribution in [0.4, 0.5) is 0 Å². The van der Waals surface area contributed by atoms with Crippen molar-refractivity contribution >= 4 is 17.9 Å². The summed E-state index contributed by atoms with van der Waals surface area (Å²) in [5, 5.41) is 0. The summed E-state index contributed by atoms with van der Waals surface area (Å²) in [5.41, 5.74) is 0. The van der Waals surface area contributed by atoms with Crippen molar-refractivity contribution in [2.75, 3.05) is 13.2 Å². The van der Waals surface area contributed by atoms with Gasteiger partial charge in [0.25, 0.3) is 0 Å². The van der Waals surface area contributed by atoms with E-state index in [0.29, 0.717) is 19.3 Å². The molecule has 0 bridgehead atoms. The van der Waals surface area contributed by atoms with Gasteiger partial charge in [0, 0.05) is 19.3 Å². The van der Waals surface area contributed by atoms with Gasteiger partial charge in [-0.3, -0.25) is 14.4 Å². The van der Waals surface area contributed by atoms with Crippen LogP contribution in [0.1, 0.15) is 252 Å². The molecule has 0 amide bonds. The van der Waals surface area contributed by atoms with Gasteiger partial charge in [-0.25, -0.2) is 0 Å². The average molecular weight is 931 g/mol. The van der Waals surface area contributed by atoms with Gasteiger partial charge in [-0.05, 0) is 96.3 Å². The van der Waals surface area contributed by atoms with Crippen molar-refractivity contribution in [1.29, 1.82) is 0 Å². The molecule has 0 spiro atoms. The van der Waals surface area contributed by atoms with Crippen LogP contribution in [0.3, 0.4) is 0 Å². The molecule has 1 atom stereocenters. The molecule has 0 saturated carbocycles. The highest BCUT2D eigenvalue weighted by Crippen LogP contribution is 2.15. The Morgan fingerprint density at radius 1 is 0.313 bits per heavy atom. The minimum absolute atomic E-state index is 0.0884. The van der Waals surface area contributed by atoms with Crippen molar-refractivity contribution in [1.82, 2.24) is 0 Å². The molecule has 0 fully saturated rings. The summed E-state index contributed by atoms with van der Waals surface area (Å²) in [6.45, 7) is 6.34. The molecule has 0 heterocycles. The molecule has 6 nitrogen and oxygen atoms in total. The summed E-state index contributed by atoms with van der Waals surface area (Å²) in [4.78, 5) is 37.8. The Labute approximate surface area is 413 Å². The van der Waals surface area contributed by atoms with Gasteiger partial charge in [0.15, 0.2) is 6.10 Å². The van der Waals surface area contributed by atoms with E-state index in [4.69, 9.17) is 14.2 Å². The smallest absolute Gasteiger partial charge is 0.306 e. The normalized spacial score (nSPS) is 12.8. The number of hydrogen-bond acceptors (Lipinski definition) is 6. The number of ether oxygens (including phenoxy) is 3. The highest BCUT2D eigenvalue weighted by Gasteiger charge is 2.19. The molecular formula is C61H102O6. The molecule has 67 heavy (non-hydrogen) atoms. The van der Waals surface area contributed by atoms with Crippen LogP contribution >= 0.6 is 0 Å². The van der Waals surface area contributed by atoms with Crippen molar-refractivity contribution in [3.8, 4) is 0 Å². The van der Waals surface area contributed by atoms with Crippen LogP contribution in [-0.2, 0) is 28.6 Å². The lowest BCUT2D eigenvalue weighted by atomic mass is 10.0. The fraction of sp³-hybridized carbons (Fsp3) is 0.689. The molecule has 0 rings (SSSR count). The second kappa shape index (κ2) is 54.9. The van der Waals surface area contributed by atoms with Crippen molar-refractivity contribution in [3.05, 3.63) is 97.2 Å². The number of allylic oxidation sites excluding steroid dienone is 16. The number of hydrogen-bond donors (Lipinski definition) is 0. The molecule has 0 aliphatic carbocycles. The van der Waals surface area contributed by atoms with Gasteiger partial charge in [0.2, 0.25) is 0 Å². The van der Waals surface area contributed by atoms with E-state index in [9.17, 15) is 14.4 Å². The zero-order valence-electron chi connectivity index (χ0n) is 43.6. The third kappa shape index (κ3) is 53.2. The first-order chi connectivity index (χ1) is 33.0. The maximum Gasteiger partial charge on any atom is 0.306 e. The summed E-state index contributed by atoms with van der Waals surface area (Å²) in [7, 11) is 0. The lowest BCUT2D eigenvalue weighted by Gasteiger charge is -2.18. The highest BCUT2D eigenvalue weighted by atomic mass is 16.6. The fourth-order valence-corrected chi connectivity index (χ4v) is 7.48. The minimum Gasteiger partial charge on any atom is -0.462 e. The summed E-state index contributed by atoms with van der Waals surface area (Å²) in [6, 6.07) is 0. The number of rotatable bonds is 49. The van der Waals surface area contributed by atoms with Crippen LogP contribution in [0.5, 0.6) is 0 Å². The molecule has 0 N–H and O–H groups in total. The van der Waals surface area contributed by atoms with Crippen LogP contribution in [0.15, 0.2) is 97.2 Å². The van der Waals surface area contributed by atoms with Crippen LogP contribution in [0.25, 0.3) is 0 Å². The largest absolute Gasteiger partial charge is 0.462 e. The third-order valence-electron chi connectivity index (χ3n) is 11.6. The first-order valence-corrected chi connectivity index (χ1v) is 27.7. The molecule has 0 aromatic carbocycles. The van der Waals surface area contributed by atoms with Crippen molar-refractivity contribution < 1.29 is 28.6 Å². The van der Waals surface area contributed by atoms with Crippen molar-refractivity contribution in [2.45, 2.75) is 258 Å². The Balaban J connectivity index is 4.11. The van der Waals surface area contributed by atoms with E-state index >= 15 is 0 Å². The van der Waals surface area contributed by atoms with E-state index in [1.165, 1.54) is 96.3 Å². The van der Waals surface area contributed by atoms with Gasteiger partial charge < -0.3 is 14.2 Å². The summed E-state index contributed by atoms with van der Waals surface area (Å²) < 4.78 is 16.7. The number of esters is 3. The van der Waals surface area contributed by atoms with Gasteiger partial charge >= 0.3 is 17.9 Å². The highest BCUT2D eigenvalue weighted by molar-refractivity contribution is 5.71. The first-order valence-electron chi connectivity index (χ1n) is 27.7. The Kier molecular flexibility index (Phi) is 51.9. The van der Waals surface area contributed by atoms with Gasteiger partial charge in [-0.1, -0.05) is 234 Å².